The second-order valence-electron chi connectivity index (χ2n) is 5.96. The molecule has 1 heterocycles. The normalized spacial score (nSPS) is 23.8. The second-order valence-corrected chi connectivity index (χ2v) is 5.96. The standard InChI is InChI=1S/C15H20N2O2/c1-14(2,3)15(16-10-12(18)17(15)4)13(19)11-8-6-5-7-9-11/h5-9,16H,10H2,1-4H3. The van der Waals surface area contributed by atoms with Crippen LogP contribution in [-0.2, 0) is 4.79 Å². The van der Waals surface area contributed by atoms with Gasteiger partial charge in [-0.3, -0.25) is 14.9 Å². The lowest BCUT2D eigenvalue weighted by atomic mass is 9.75. The van der Waals surface area contributed by atoms with Crippen LogP contribution in [-0.4, -0.2) is 35.8 Å². The average molecular weight is 260 g/mol. The van der Waals surface area contributed by atoms with Crippen LogP contribution < -0.4 is 5.32 Å². The molecule has 1 aliphatic rings. The minimum absolute atomic E-state index is 0.0563. The van der Waals surface area contributed by atoms with Gasteiger partial charge in [-0.1, -0.05) is 51.1 Å². The van der Waals surface area contributed by atoms with E-state index in [1.165, 1.54) is 0 Å². The fourth-order valence-electron chi connectivity index (χ4n) is 2.77. The number of ketones is 1. The Kier molecular flexibility index (Phi) is 3.22. The van der Waals surface area contributed by atoms with E-state index in [-0.39, 0.29) is 18.2 Å². The largest absolute Gasteiger partial charge is 0.319 e. The highest BCUT2D eigenvalue weighted by Crippen LogP contribution is 2.38. The Labute approximate surface area is 113 Å². The number of hydrogen-bond donors (Lipinski definition) is 1. The quantitative estimate of drug-likeness (QED) is 0.823. The predicted octanol–water partition coefficient (Wildman–Crippen LogP) is 1.67. The summed E-state index contributed by atoms with van der Waals surface area (Å²) >= 11 is 0. The van der Waals surface area contributed by atoms with Crippen LogP contribution in [0.4, 0.5) is 0 Å². The first kappa shape index (κ1) is 13.7. The molecule has 0 aliphatic carbocycles. The number of carbonyl (C=O) groups excluding carboxylic acids is 2. The van der Waals surface area contributed by atoms with Gasteiger partial charge in [0.1, 0.15) is 0 Å². The molecule has 0 saturated carbocycles. The van der Waals surface area contributed by atoms with E-state index in [2.05, 4.69) is 5.32 Å². The smallest absolute Gasteiger partial charge is 0.238 e. The zero-order valence-corrected chi connectivity index (χ0v) is 11.9. The van der Waals surface area contributed by atoms with Gasteiger partial charge in [-0.05, 0) is 0 Å². The summed E-state index contributed by atoms with van der Waals surface area (Å²) in [4.78, 5) is 26.3. The summed E-state index contributed by atoms with van der Waals surface area (Å²) < 4.78 is 0. The molecule has 19 heavy (non-hydrogen) atoms. The van der Waals surface area contributed by atoms with Crippen molar-refractivity contribution in [2.45, 2.75) is 26.4 Å². The van der Waals surface area contributed by atoms with Gasteiger partial charge in [0.05, 0.1) is 6.54 Å². The minimum atomic E-state index is -0.981. The molecule has 1 amide bonds. The van der Waals surface area contributed by atoms with E-state index in [1.54, 1.807) is 24.1 Å². The molecule has 4 nitrogen and oxygen atoms in total. The van der Waals surface area contributed by atoms with Crippen LogP contribution in [0, 0.1) is 5.41 Å². The van der Waals surface area contributed by atoms with Crippen LogP contribution in [0.3, 0.4) is 0 Å². The van der Waals surface area contributed by atoms with Gasteiger partial charge in [0, 0.05) is 18.0 Å². The van der Waals surface area contributed by atoms with Gasteiger partial charge < -0.3 is 4.90 Å². The SMILES string of the molecule is CN1C(=O)CNC1(C(=O)c1ccccc1)C(C)(C)C. The predicted molar refractivity (Wildman–Crippen MR) is 73.7 cm³/mol. The van der Waals surface area contributed by atoms with Gasteiger partial charge in [0.2, 0.25) is 11.7 Å². The third kappa shape index (κ3) is 1.96. The molecule has 1 unspecified atom stereocenters. The summed E-state index contributed by atoms with van der Waals surface area (Å²) in [7, 11) is 1.69. The maximum absolute atomic E-state index is 12.9. The van der Waals surface area contributed by atoms with Gasteiger partial charge in [-0.2, -0.15) is 0 Å². The van der Waals surface area contributed by atoms with Gasteiger partial charge in [0.25, 0.3) is 0 Å². The van der Waals surface area contributed by atoms with E-state index < -0.39 is 11.1 Å². The van der Waals surface area contributed by atoms with Crippen molar-refractivity contribution in [2.24, 2.45) is 5.41 Å². The van der Waals surface area contributed by atoms with Crippen molar-refractivity contribution in [3.63, 3.8) is 0 Å². The Bertz CT molecular complexity index is 505. The maximum atomic E-state index is 12.9. The minimum Gasteiger partial charge on any atom is -0.319 e. The van der Waals surface area contributed by atoms with Gasteiger partial charge in [-0.15, -0.1) is 0 Å². The topological polar surface area (TPSA) is 49.4 Å². The third-order valence-corrected chi connectivity index (χ3v) is 3.82. The molecule has 0 bridgehead atoms. The lowest BCUT2D eigenvalue weighted by Crippen LogP contribution is -2.65. The van der Waals surface area contributed by atoms with E-state index in [0.29, 0.717) is 5.56 Å². The highest BCUT2D eigenvalue weighted by molar-refractivity contribution is 6.07. The molecule has 4 heteroatoms. The Morgan fingerprint density at radius 1 is 1.26 bits per heavy atom. The Morgan fingerprint density at radius 2 is 1.84 bits per heavy atom. The van der Waals surface area contributed by atoms with E-state index in [9.17, 15) is 9.59 Å². The summed E-state index contributed by atoms with van der Waals surface area (Å²) in [5.41, 5.74) is -0.766. The Hall–Kier alpha value is -1.68. The van der Waals surface area contributed by atoms with Crippen molar-refractivity contribution < 1.29 is 9.59 Å². The van der Waals surface area contributed by atoms with Gasteiger partial charge in [-0.25, -0.2) is 0 Å². The lowest BCUT2D eigenvalue weighted by Gasteiger charge is -2.44. The first-order valence-electron chi connectivity index (χ1n) is 6.42. The summed E-state index contributed by atoms with van der Waals surface area (Å²) in [5, 5.41) is 3.13. The Balaban J connectivity index is 2.52. The first-order valence-corrected chi connectivity index (χ1v) is 6.42. The van der Waals surface area contributed by atoms with Crippen LogP contribution in [0.1, 0.15) is 31.1 Å². The number of rotatable bonds is 2. The van der Waals surface area contributed by atoms with Crippen molar-refractivity contribution >= 4 is 11.7 Å². The molecule has 1 fully saturated rings. The van der Waals surface area contributed by atoms with Crippen molar-refractivity contribution in [1.29, 1.82) is 0 Å². The lowest BCUT2D eigenvalue weighted by molar-refractivity contribution is -0.130. The van der Waals surface area contributed by atoms with E-state index in [0.717, 1.165) is 0 Å². The van der Waals surface area contributed by atoms with Crippen LogP contribution >= 0.6 is 0 Å². The fraction of sp³-hybridized carbons (Fsp3) is 0.467. The highest BCUT2D eigenvalue weighted by Gasteiger charge is 2.56. The van der Waals surface area contributed by atoms with Gasteiger partial charge >= 0.3 is 0 Å². The average Bonchev–Trinajstić information content (AvgIpc) is 2.67. The van der Waals surface area contributed by atoms with Crippen molar-refractivity contribution in [2.75, 3.05) is 13.6 Å². The zero-order chi connectivity index (χ0) is 14.3. The number of carbonyl (C=O) groups is 2. The molecule has 0 aromatic heterocycles. The fourth-order valence-corrected chi connectivity index (χ4v) is 2.77. The molecule has 0 radical (unpaired) electrons. The van der Waals surface area contributed by atoms with Crippen LogP contribution in [0.2, 0.25) is 0 Å². The molecule has 102 valence electrons. The number of likely N-dealkylation sites (N-methyl/N-ethyl adjacent to an activating group) is 1. The molecule has 1 aromatic rings. The summed E-state index contributed by atoms with van der Waals surface area (Å²) in [6.45, 7) is 6.11. The molecule has 2 rings (SSSR count). The highest BCUT2D eigenvalue weighted by atomic mass is 16.2. The number of benzene rings is 1. The van der Waals surface area contributed by atoms with E-state index >= 15 is 0 Å². The number of amides is 1. The van der Waals surface area contributed by atoms with Crippen LogP contribution in [0.15, 0.2) is 30.3 Å². The number of nitrogens with zero attached hydrogens (tertiary/aromatic N) is 1. The summed E-state index contributed by atoms with van der Waals surface area (Å²) in [5.74, 6) is -0.117. The molecular formula is C15H20N2O2. The molecule has 1 saturated heterocycles. The number of nitrogens with one attached hydrogen (secondary N) is 1. The summed E-state index contributed by atoms with van der Waals surface area (Å²) in [6.07, 6.45) is 0. The van der Waals surface area contributed by atoms with E-state index in [4.69, 9.17) is 0 Å². The second kappa shape index (κ2) is 4.46. The maximum Gasteiger partial charge on any atom is 0.238 e. The first-order chi connectivity index (χ1) is 8.80. The third-order valence-electron chi connectivity index (χ3n) is 3.82. The molecule has 1 aromatic carbocycles. The number of Topliss-reactive ketones (excluding diaryl/α,β-unsaturated/α-hetero) is 1. The van der Waals surface area contributed by atoms with E-state index in [1.807, 2.05) is 39.0 Å². The molecule has 0 spiro atoms. The van der Waals surface area contributed by atoms with Gasteiger partial charge in [0.15, 0.2) is 5.66 Å². The zero-order valence-electron chi connectivity index (χ0n) is 11.9. The molecular weight excluding hydrogens is 240 g/mol. The van der Waals surface area contributed by atoms with Crippen LogP contribution in [0.5, 0.6) is 0 Å². The van der Waals surface area contributed by atoms with Crippen LogP contribution in [0.25, 0.3) is 0 Å². The molecule has 1 atom stereocenters. The van der Waals surface area contributed by atoms with Crippen molar-refractivity contribution in [1.82, 2.24) is 10.2 Å². The van der Waals surface area contributed by atoms with Crippen molar-refractivity contribution in [3.8, 4) is 0 Å². The summed E-state index contributed by atoms with van der Waals surface area (Å²) in [6, 6.07) is 9.11. The molecule has 1 aliphatic heterocycles. The number of hydrogen-bond acceptors (Lipinski definition) is 3. The Morgan fingerprint density at radius 3 is 2.26 bits per heavy atom. The monoisotopic (exact) mass is 260 g/mol. The van der Waals surface area contributed by atoms with Crippen molar-refractivity contribution in [3.05, 3.63) is 35.9 Å². The molecule has 1 N–H and O–H groups in total.